The maximum atomic E-state index is 11.7. The lowest BCUT2D eigenvalue weighted by atomic mass is 9.93. The highest BCUT2D eigenvalue weighted by Crippen LogP contribution is 2.23. The zero-order valence-electron chi connectivity index (χ0n) is 11.9. The molecular weight excluding hydrogens is 270 g/mol. The average Bonchev–Trinajstić information content (AvgIpc) is 2.15. The van der Waals surface area contributed by atoms with Crippen molar-refractivity contribution in [1.82, 2.24) is 5.32 Å². The van der Waals surface area contributed by atoms with Gasteiger partial charge >= 0.3 is 6.09 Å². The van der Waals surface area contributed by atoms with Gasteiger partial charge in [0, 0.05) is 0 Å². The van der Waals surface area contributed by atoms with Crippen LogP contribution >= 0.6 is 0 Å². The van der Waals surface area contributed by atoms with Gasteiger partial charge in [0.05, 0.1) is 18.4 Å². The van der Waals surface area contributed by atoms with E-state index in [1.807, 2.05) is 0 Å². The van der Waals surface area contributed by atoms with Crippen molar-refractivity contribution in [3.63, 3.8) is 0 Å². The summed E-state index contributed by atoms with van der Waals surface area (Å²) in [6, 6.07) is -0.321. The molecule has 2 atom stereocenters. The number of amides is 1. The van der Waals surface area contributed by atoms with Crippen molar-refractivity contribution >= 4 is 16.2 Å². The van der Waals surface area contributed by atoms with Gasteiger partial charge in [0.25, 0.3) is 10.1 Å². The molecule has 19 heavy (non-hydrogen) atoms. The first-order chi connectivity index (χ1) is 8.57. The largest absolute Gasteiger partial charge is 0.444 e. The number of carbonyl (C=O) groups is 1. The van der Waals surface area contributed by atoms with Gasteiger partial charge in [-0.15, -0.1) is 0 Å². The topological polar surface area (TPSA) is 81.7 Å². The number of ether oxygens (including phenoxy) is 1. The fourth-order valence-electron chi connectivity index (χ4n) is 2.06. The Hall–Kier alpha value is -0.820. The summed E-state index contributed by atoms with van der Waals surface area (Å²) in [5.41, 5.74) is -0.577. The lowest BCUT2D eigenvalue weighted by molar-refractivity contribution is 0.0408. The molecule has 1 amide bonds. The molecule has 0 radical (unpaired) electrons. The summed E-state index contributed by atoms with van der Waals surface area (Å²) in [6.07, 6.45) is 3.12. The summed E-state index contributed by atoms with van der Waals surface area (Å²) in [5, 5.41) is 2.70. The maximum absolute atomic E-state index is 11.7. The van der Waals surface area contributed by atoms with E-state index in [2.05, 4.69) is 5.32 Å². The van der Waals surface area contributed by atoms with E-state index in [4.69, 9.17) is 8.92 Å². The molecule has 1 unspecified atom stereocenters. The standard InChI is InChI=1S/C12H23NO5S/c1-12(2,3)17-11(14)13-9-7-5-6-8-10(9)18-19(4,15)16/h9-10H,5-8H2,1-4H3,(H,13,14)/t9-,10?/m1/s1. The van der Waals surface area contributed by atoms with E-state index in [9.17, 15) is 13.2 Å². The average molecular weight is 293 g/mol. The van der Waals surface area contributed by atoms with Gasteiger partial charge in [-0.3, -0.25) is 4.18 Å². The lowest BCUT2D eigenvalue weighted by Crippen LogP contribution is -2.48. The van der Waals surface area contributed by atoms with E-state index in [0.717, 1.165) is 19.1 Å². The Bertz CT molecular complexity index is 412. The molecule has 1 N–H and O–H groups in total. The molecule has 1 rings (SSSR count). The number of nitrogens with one attached hydrogen (secondary N) is 1. The van der Waals surface area contributed by atoms with E-state index in [0.29, 0.717) is 12.8 Å². The molecule has 0 saturated heterocycles. The normalized spacial score (nSPS) is 24.8. The summed E-state index contributed by atoms with van der Waals surface area (Å²) >= 11 is 0. The number of carbonyl (C=O) groups excluding carboxylic acids is 1. The van der Waals surface area contributed by atoms with Crippen LogP contribution in [0.4, 0.5) is 4.79 Å². The van der Waals surface area contributed by atoms with Gasteiger partial charge in [0.2, 0.25) is 0 Å². The van der Waals surface area contributed by atoms with Crippen LogP contribution in [0.1, 0.15) is 46.5 Å². The zero-order chi connectivity index (χ0) is 14.7. The number of hydrogen-bond acceptors (Lipinski definition) is 5. The van der Waals surface area contributed by atoms with Gasteiger partial charge in [-0.25, -0.2) is 4.79 Å². The number of rotatable bonds is 3. The van der Waals surface area contributed by atoms with Crippen molar-refractivity contribution in [2.75, 3.05) is 6.26 Å². The summed E-state index contributed by atoms with van der Waals surface area (Å²) < 4.78 is 32.6. The van der Waals surface area contributed by atoms with E-state index in [1.54, 1.807) is 20.8 Å². The van der Waals surface area contributed by atoms with Crippen LogP contribution in [0.25, 0.3) is 0 Å². The van der Waals surface area contributed by atoms with E-state index in [-0.39, 0.29) is 6.04 Å². The Kier molecular flexibility index (Phi) is 5.20. The minimum absolute atomic E-state index is 0.321. The third kappa shape index (κ3) is 6.77. The van der Waals surface area contributed by atoms with Crippen LogP contribution < -0.4 is 5.32 Å². The second-order valence-electron chi connectivity index (χ2n) is 5.88. The van der Waals surface area contributed by atoms with Crippen LogP contribution in [0.2, 0.25) is 0 Å². The van der Waals surface area contributed by atoms with Crippen LogP contribution in [0, 0.1) is 0 Å². The molecule has 112 valence electrons. The Morgan fingerprint density at radius 2 is 1.79 bits per heavy atom. The first-order valence-corrected chi connectivity index (χ1v) is 8.26. The molecule has 0 heterocycles. The molecule has 0 aromatic carbocycles. The van der Waals surface area contributed by atoms with Gasteiger partial charge in [-0.05, 0) is 33.6 Å². The fraction of sp³-hybridized carbons (Fsp3) is 0.917. The molecule has 0 aromatic heterocycles. The van der Waals surface area contributed by atoms with Crippen molar-refractivity contribution in [1.29, 1.82) is 0 Å². The molecule has 0 bridgehead atoms. The van der Waals surface area contributed by atoms with E-state index < -0.39 is 27.9 Å². The second-order valence-corrected chi connectivity index (χ2v) is 7.48. The predicted molar refractivity (Wildman–Crippen MR) is 71.3 cm³/mol. The zero-order valence-corrected chi connectivity index (χ0v) is 12.7. The smallest absolute Gasteiger partial charge is 0.407 e. The highest BCUT2D eigenvalue weighted by molar-refractivity contribution is 7.86. The molecule has 1 fully saturated rings. The number of alkyl carbamates (subject to hydrolysis) is 1. The quantitative estimate of drug-likeness (QED) is 0.802. The van der Waals surface area contributed by atoms with Crippen molar-refractivity contribution in [2.24, 2.45) is 0 Å². The minimum Gasteiger partial charge on any atom is -0.444 e. The van der Waals surface area contributed by atoms with Crippen LogP contribution in [-0.2, 0) is 19.0 Å². The highest BCUT2D eigenvalue weighted by Gasteiger charge is 2.31. The summed E-state index contributed by atoms with van der Waals surface area (Å²) in [6.45, 7) is 5.33. The van der Waals surface area contributed by atoms with Gasteiger partial charge in [-0.1, -0.05) is 12.8 Å². The molecule has 6 nitrogen and oxygen atoms in total. The van der Waals surface area contributed by atoms with Gasteiger partial charge in [-0.2, -0.15) is 8.42 Å². The van der Waals surface area contributed by atoms with Crippen molar-refractivity contribution in [2.45, 2.75) is 64.2 Å². The van der Waals surface area contributed by atoms with Crippen LogP contribution in [0.15, 0.2) is 0 Å². The Morgan fingerprint density at radius 1 is 1.21 bits per heavy atom. The Balaban J connectivity index is 2.60. The molecule has 0 aliphatic heterocycles. The molecule has 7 heteroatoms. The molecule has 1 aliphatic rings. The van der Waals surface area contributed by atoms with Crippen molar-refractivity contribution in [3.05, 3.63) is 0 Å². The third-order valence-corrected chi connectivity index (χ3v) is 3.30. The second kappa shape index (κ2) is 6.09. The van der Waals surface area contributed by atoms with E-state index >= 15 is 0 Å². The lowest BCUT2D eigenvalue weighted by Gasteiger charge is -2.31. The molecule has 1 saturated carbocycles. The molecule has 0 aromatic rings. The van der Waals surface area contributed by atoms with Crippen LogP contribution in [-0.4, -0.2) is 38.5 Å². The third-order valence-electron chi connectivity index (χ3n) is 2.70. The number of hydrogen-bond donors (Lipinski definition) is 1. The minimum atomic E-state index is -3.52. The monoisotopic (exact) mass is 293 g/mol. The predicted octanol–water partition coefficient (Wildman–Crippen LogP) is 1.80. The fourth-order valence-corrected chi connectivity index (χ4v) is 2.74. The van der Waals surface area contributed by atoms with Crippen molar-refractivity contribution < 1.29 is 22.1 Å². The summed E-state index contributed by atoms with van der Waals surface area (Å²) in [4.78, 5) is 11.7. The highest BCUT2D eigenvalue weighted by atomic mass is 32.2. The first kappa shape index (κ1) is 16.2. The van der Waals surface area contributed by atoms with Gasteiger partial charge in [0.15, 0.2) is 0 Å². The molecular formula is C12H23NO5S. The van der Waals surface area contributed by atoms with Crippen LogP contribution in [0.5, 0.6) is 0 Å². The molecule has 1 aliphatic carbocycles. The first-order valence-electron chi connectivity index (χ1n) is 6.44. The Morgan fingerprint density at radius 3 is 2.32 bits per heavy atom. The van der Waals surface area contributed by atoms with Crippen LogP contribution in [0.3, 0.4) is 0 Å². The Labute approximate surface area is 115 Å². The summed E-state index contributed by atoms with van der Waals surface area (Å²) in [5.74, 6) is 0. The summed E-state index contributed by atoms with van der Waals surface area (Å²) in [7, 11) is -3.52. The van der Waals surface area contributed by atoms with Gasteiger partial charge < -0.3 is 10.1 Å². The SMILES string of the molecule is CC(C)(C)OC(=O)N[C@@H]1CCCCC1OS(C)(=O)=O. The molecule has 0 spiro atoms. The van der Waals surface area contributed by atoms with Gasteiger partial charge in [0.1, 0.15) is 5.60 Å². The maximum Gasteiger partial charge on any atom is 0.407 e. The van der Waals surface area contributed by atoms with E-state index in [1.165, 1.54) is 0 Å². The van der Waals surface area contributed by atoms with Crippen molar-refractivity contribution in [3.8, 4) is 0 Å².